The van der Waals surface area contributed by atoms with E-state index in [9.17, 15) is 14.4 Å². The fourth-order valence-corrected chi connectivity index (χ4v) is 8.34. The average Bonchev–Trinajstić information content (AvgIpc) is 3.62. The highest BCUT2D eigenvalue weighted by Crippen LogP contribution is 2.55. The van der Waals surface area contributed by atoms with Crippen LogP contribution in [0, 0.1) is 11.8 Å². The fourth-order valence-electron chi connectivity index (χ4n) is 8.34. The van der Waals surface area contributed by atoms with Crippen LogP contribution in [-0.2, 0) is 29.2 Å². The first-order valence-corrected chi connectivity index (χ1v) is 17.7. The molecule has 0 aliphatic carbocycles. The number of nitrogens with zero attached hydrogens (tertiary/aromatic N) is 2. The summed E-state index contributed by atoms with van der Waals surface area (Å²) in [4.78, 5) is 44.4. The van der Waals surface area contributed by atoms with Crippen molar-refractivity contribution < 1.29 is 38.1 Å². The van der Waals surface area contributed by atoms with Crippen molar-refractivity contribution in [3.05, 3.63) is 65.4 Å². The van der Waals surface area contributed by atoms with Crippen molar-refractivity contribution in [2.24, 2.45) is 11.8 Å². The van der Waals surface area contributed by atoms with Gasteiger partial charge in [0.25, 0.3) is 0 Å². The molecule has 1 amide bonds. The Morgan fingerprint density at radius 2 is 1.67 bits per heavy atom. The van der Waals surface area contributed by atoms with Gasteiger partial charge in [-0.2, -0.15) is 0 Å². The lowest BCUT2D eigenvalue weighted by molar-refractivity contribution is -0.137. The van der Waals surface area contributed by atoms with Crippen molar-refractivity contribution >= 4 is 23.5 Å². The molecule has 4 atom stereocenters. The third kappa shape index (κ3) is 7.30. The van der Waals surface area contributed by atoms with Crippen molar-refractivity contribution in [2.75, 3.05) is 59.6 Å². The van der Waals surface area contributed by atoms with Crippen LogP contribution >= 0.6 is 0 Å². The zero-order valence-corrected chi connectivity index (χ0v) is 29.7. The van der Waals surface area contributed by atoms with Crippen LogP contribution in [0.1, 0.15) is 80.6 Å². The van der Waals surface area contributed by atoms with Crippen molar-refractivity contribution in [2.45, 2.75) is 76.2 Å². The Balaban J connectivity index is 1.13. The topological polar surface area (TPSA) is 104 Å². The summed E-state index contributed by atoms with van der Waals surface area (Å²) in [5.41, 5.74) is 2.53. The van der Waals surface area contributed by atoms with Gasteiger partial charge in [-0.3, -0.25) is 9.69 Å². The molecule has 2 aromatic carbocycles. The highest BCUT2D eigenvalue weighted by Gasteiger charge is 2.62. The van der Waals surface area contributed by atoms with Crippen molar-refractivity contribution in [3.8, 4) is 11.5 Å². The number of carbonyl (C=O) groups excluding carboxylic acids is 3. The summed E-state index contributed by atoms with van der Waals surface area (Å²) in [6, 6.07) is 13.3. The molecule has 49 heavy (non-hydrogen) atoms. The molecule has 3 heterocycles. The van der Waals surface area contributed by atoms with Gasteiger partial charge in [-0.05, 0) is 73.9 Å². The Hall–Kier alpha value is -4.05. The number of hydrogen-bond acceptors (Lipinski definition) is 9. The van der Waals surface area contributed by atoms with Crippen LogP contribution in [0.15, 0.2) is 54.3 Å². The van der Waals surface area contributed by atoms with Crippen molar-refractivity contribution in [1.29, 1.82) is 0 Å². The molecule has 3 aliphatic rings. The Bertz CT molecular complexity index is 1510. The smallest absolute Gasteiger partial charge is 0.338 e. The molecular weight excluding hydrogens is 624 g/mol. The number of ether oxygens (including phenoxy) is 5. The molecule has 10 heteroatoms. The van der Waals surface area contributed by atoms with E-state index in [1.165, 1.54) is 14.2 Å². The first-order valence-electron chi connectivity index (χ1n) is 17.7. The molecule has 0 radical (unpaired) electrons. The maximum Gasteiger partial charge on any atom is 0.338 e. The Morgan fingerprint density at radius 3 is 2.39 bits per heavy atom. The van der Waals surface area contributed by atoms with E-state index in [4.69, 9.17) is 23.7 Å². The second-order valence-electron chi connectivity index (χ2n) is 13.3. The van der Waals surface area contributed by atoms with Crippen molar-refractivity contribution in [1.82, 2.24) is 4.90 Å². The van der Waals surface area contributed by atoms with Crippen LogP contribution in [-0.4, -0.2) is 83.5 Å². The third-order valence-corrected chi connectivity index (χ3v) is 10.8. The first-order chi connectivity index (χ1) is 23.8. The number of piperidine rings is 1. The predicted molar refractivity (Wildman–Crippen MR) is 187 cm³/mol. The maximum absolute atomic E-state index is 14.6. The number of methoxy groups -OCH3 is 4. The van der Waals surface area contributed by atoms with Crippen LogP contribution in [0.25, 0.3) is 0 Å². The van der Waals surface area contributed by atoms with Gasteiger partial charge in [0.2, 0.25) is 5.91 Å². The van der Waals surface area contributed by atoms with E-state index >= 15 is 0 Å². The number of amides is 1. The van der Waals surface area contributed by atoms with E-state index in [2.05, 4.69) is 24.0 Å². The molecule has 2 saturated heterocycles. The summed E-state index contributed by atoms with van der Waals surface area (Å²) < 4.78 is 26.5. The van der Waals surface area contributed by atoms with Crippen LogP contribution in [0.4, 0.5) is 5.69 Å². The van der Waals surface area contributed by atoms with E-state index in [1.54, 1.807) is 38.7 Å². The maximum atomic E-state index is 14.6. The lowest BCUT2D eigenvalue weighted by Gasteiger charge is -2.45. The van der Waals surface area contributed by atoms with Gasteiger partial charge < -0.3 is 28.6 Å². The molecule has 10 nitrogen and oxygen atoms in total. The minimum Gasteiger partial charge on any atom is -0.504 e. The van der Waals surface area contributed by atoms with E-state index in [0.29, 0.717) is 42.2 Å². The fraction of sp³-hybridized carbons (Fsp3) is 0.564. The molecule has 266 valence electrons. The van der Waals surface area contributed by atoms with E-state index < -0.39 is 5.41 Å². The molecule has 2 fully saturated rings. The lowest BCUT2D eigenvalue weighted by Crippen LogP contribution is -2.55. The van der Waals surface area contributed by atoms with Crippen molar-refractivity contribution in [3.63, 3.8) is 0 Å². The molecule has 0 aromatic heterocycles. The first kappa shape index (κ1) is 36.2. The summed E-state index contributed by atoms with van der Waals surface area (Å²) in [6.07, 6.45) is 9.76. The number of esters is 2. The Morgan fingerprint density at radius 1 is 0.939 bits per heavy atom. The van der Waals surface area contributed by atoms with E-state index in [1.807, 2.05) is 17.0 Å². The third-order valence-electron chi connectivity index (χ3n) is 10.8. The summed E-state index contributed by atoms with van der Waals surface area (Å²) >= 11 is 0. The zero-order valence-electron chi connectivity index (χ0n) is 29.7. The molecular formula is C39H52N2O8. The molecule has 2 aromatic rings. The number of rotatable bonds is 16. The molecule has 1 spiro atoms. The number of anilines is 1. The number of para-hydroxylation sites is 1. The molecule has 0 bridgehead atoms. The zero-order chi connectivity index (χ0) is 35.0. The molecule has 0 saturated carbocycles. The van der Waals surface area contributed by atoms with Crippen LogP contribution in [0.2, 0.25) is 0 Å². The van der Waals surface area contributed by atoms with Crippen LogP contribution in [0.5, 0.6) is 11.5 Å². The number of hydrogen-bond donors (Lipinski definition) is 0. The van der Waals surface area contributed by atoms with E-state index in [0.717, 1.165) is 75.7 Å². The second kappa shape index (κ2) is 16.6. The molecule has 5 rings (SSSR count). The number of benzene rings is 2. The van der Waals surface area contributed by atoms with Gasteiger partial charge in [0.1, 0.15) is 0 Å². The van der Waals surface area contributed by atoms with Gasteiger partial charge in [0.15, 0.2) is 11.5 Å². The highest BCUT2D eigenvalue weighted by atomic mass is 16.5. The number of fused-ring (bicyclic) bond motifs is 4. The van der Waals surface area contributed by atoms with Gasteiger partial charge >= 0.3 is 11.9 Å². The number of carbonyl (C=O) groups is 3. The molecule has 3 aliphatic heterocycles. The molecule has 0 N–H and O–H groups in total. The molecule has 0 unspecified atom stereocenters. The largest absolute Gasteiger partial charge is 0.504 e. The average molecular weight is 677 g/mol. The second-order valence-corrected chi connectivity index (χ2v) is 13.3. The van der Waals surface area contributed by atoms with Gasteiger partial charge in [-0.15, -0.1) is 0 Å². The van der Waals surface area contributed by atoms with Gasteiger partial charge in [-0.1, -0.05) is 57.2 Å². The van der Waals surface area contributed by atoms with E-state index in [-0.39, 0.29) is 35.7 Å². The predicted octanol–water partition coefficient (Wildman–Crippen LogP) is 6.31. The van der Waals surface area contributed by atoms with Gasteiger partial charge in [0, 0.05) is 24.8 Å². The summed E-state index contributed by atoms with van der Waals surface area (Å²) in [6.45, 7) is 4.93. The number of unbranched alkanes of at least 4 members (excludes halogenated alkanes) is 5. The van der Waals surface area contributed by atoms with Gasteiger partial charge in [-0.25, -0.2) is 9.59 Å². The quantitative estimate of drug-likeness (QED) is 0.0876. The SMILES string of the molecule is CC[C@H]1CN2CC[C@]3(C(=O)N(CCCCCCCCOC(=O)c4ccc(OC)c(OC)c4)c4ccccc43)[C@H]2C[C@@H]1/C(=C\OC)C(=O)OC. The van der Waals surface area contributed by atoms with Crippen LogP contribution < -0.4 is 14.4 Å². The summed E-state index contributed by atoms with van der Waals surface area (Å²) in [5, 5.41) is 0. The lowest BCUT2D eigenvalue weighted by atomic mass is 9.67. The normalized spacial score (nSPS) is 23.3. The standard InChI is InChI=1S/C39H52N2O8/c1-6-27-25-40-21-19-39(35(40)24-29(27)30(26-45-2)37(43)48-5)31-15-11-12-16-32(31)41(38(39)44)20-13-9-7-8-10-14-22-49-36(42)28-17-18-33(46-3)34(23-28)47-4/h11-12,15-18,23,26-27,29,35H,6-10,13-14,19-22,24-25H2,1-5H3/b30-26+/t27-,29-,35+,39+/m0/s1. The minimum atomic E-state index is -0.615. The monoisotopic (exact) mass is 676 g/mol. The minimum absolute atomic E-state index is 0.00436. The summed E-state index contributed by atoms with van der Waals surface area (Å²) in [5.74, 6) is 0.758. The van der Waals surface area contributed by atoms with Crippen LogP contribution in [0.3, 0.4) is 0 Å². The summed E-state index contributed by atoms with van der Waals surface area (Å²) in [7, 11) is 6.06. The van der Waals surface area contributed by atoms with Gasteiger partial charge in [0.05, 0.1) is 57.9 Å². The Labute approximate surface area is 290 Å². The Kier molecular flexibility index (Phi) is 12.3. The highest BCUT2D eigenvalue weighted by molar-refractivity contribution is 6.09.